The Morgan fingerprint density at radius 1 is 1.21 bits per heavy atom. The molecule has 182 valence electrons. The van der Waals surface area contributed by atoms with Crippen molar-refractivity contribution < 1.29 is 9.84 Å². The molecule has 1 aliphatic rings. The van der Waals surface area contributed by atoms with Gasteiger partial charge < -0.3 is 20.5 Å². The van der Waals surface area contributed by atoms with Crippen molar-refractivity contribution in [2.45, 2.75) is 47.0 Å². The number of ether oxygens (including phenoxy) is 1. The number of nitrogen functional groups attached to an aromatic ring is 1. The van der Waals surface area contributed by atoms with E-state index < -0.39 is 0 Å². The van der Waals surface area contributed by atoms with Crippen LogP contribution in [0.25, 0.3) is 10.2 Å². The first-order chi connectivity index (χ1) is 16.0. The third-order valence-electron chi connectivity index (χ3n) is 4.95. The minimum absolute atomic E-state index is 0.205. The number of nitrogens with one attached hydrogen (secondary N) is 1. The van der Waals surface area contributed by atoms with Crippen LogP contribution in [-0.2, 0) is 11.2 Å². The van der Waals surface area contributed by atoms with Crippen molar-refractivity contribution in [1.82, 2.24) is 15.0 Å². The van der Waals surface area contributed by atoms with Gasteiger partial charge in [0, 0.05) is 26.1 Å². The Kier molecular flexibility index (Phi) is 11.3. The lowest BCUT2D eigenvalue weighted by Crippen LogP contribution is -2.38. The van der Waals surface area contributed by atoms with E-state index in [-0.39, 0.29) is 11.4 Å². The average Bonchev–Trinajstić information content (AvgIpc) is 3.25. The molecule has 1 fully saturated rings. The van der Waals surface area contributed by atoms with Crippen LogP contribution >= 0.6 is 11.3 Å². The van der Waals surface area contributed by atoms with Gasteiger partial charge in [-0.05, 0) is 30.9 Å². The van der Waals surface area contributed by atoms with Gasteiger partial charge in [-0.15, -0.1) is 11.3 Å². The van der Waals surface area contributed by atoms with Gasteiger partial charge in [-0.25, -0.2) is 4.98 Å². The number of benzene rings is 1. The van der Waals surface area contributed by atoms with Crippen molar-refractivity contribution >= 4 is 33.3 Å². The van der Waals surface area contributed by atoms with Crippen LogP contribution in [-0.4, -0.2) is 53.0 Å². The predicted octanol–water partition coefficient (Wildman–Crippen LogP) is 3.83. The van der Waals surface area contributed by atoms with E-state index in [2.05, 4.69) is 28.8 Å². The number of rotatable bonds is 6. The number of aliphatic hydroxyl groups excluding tert-OH is 1. The number of H-pyrrole nitrogens is 1. The average molecular weight is 476 g/mol. The molecule has 0 unspecified atom stereocenters. The summed E-state index contributed by atoms with van der Waals surface area (Å²) in [6.07, 6.45) is 2.49. The minimum atomic E-state index is -0.205. The van der Waals surface area contributed by atoms with Crippen LogP contribution in [0.5, 0.6) is 0 Å². The van der Waals surface area contributed by atoms with Crippen LogP contribution in [0.4, 0.5) is 11.8 Å². The fraction of sp³-hybridized carbons (Fsp3) is 0.542. The summed E-state index contributed by atoms with van der Waals surface area (Å²) < 4.78 is 6.41. The first-order valence-corrected chi connectivity index (χ1v) is 12.5. The number of hydrogen-bond acceptors (Lipinski definition) is 8. The maximum atomic E-state index is 12.5. The molecule has 1 aliphatic heterocycles. The molecule has 4 rings (SSSR count). The molecule has 3 aromatic rings. The number of thiazole rings is 1. The monoisotopic (exact) mass is 475 g/mol. The number of aliphatic hydroxyl groups is 1. The lowest BCUT2D eigenvalue weighted by Gasteiger charge is -2.27. The van der Waals surface area contributed by atoms with E-state index in [0.29, 0.717) is 50.8 Å². The molecular weight excluding hydrogens is 438 g/mol. The highest BCUT2D eigenvalue weighted by molar-refractivity contribution is 7.18. The molecule has 0 amide bonds. The van der Waals surface area contributed by atoms with E-state index in [4.69, 9.17) is 15.6 Å². The molecule has 0 saturated carbocycles. The Hall–Kier alpha value is -2.49. The topological polar surface area (TPSA) is 117 Å². The fourth-order valence-electron chi connectivity index (χ4n) is 3.24. The number of morpholine rings is 1. The molecule has 0 aliphatic carbocycles. The fourth-order valence-corrected chi connectivity index (χ4v) is 4.22. The number of hydrogen-bond donors (Lipinski definition) is 3. The second-order valence-electron chi connectivity index (χ2n) is 7.86. The smallest absolute Gasteiger partial charge is 0.258 e. The summed E-state index contributed by atoms with van der Waals surface area (Å²) in [5.74, 6) is 1.51. The molecule has 8 nitrogen and oxygen atoms in total. The van der Waals surface area contributed by atoms with Crippen molar-refractivity contribution in [1.29, 1.82) is 0 Å². The molecular formula is C24H37N5O3S. The standard InChI is InChI=1S/C16H17N5O2S.C6H14O.C2H6/c17-14-10(9-13-18-11-3-1-2-4-12(11)24-13)15(22)20-16(19-14)21-5-7-23-8-6-21;1-6(2)4-3-5-7;1-2/h1-4H,5-9H2,(H3,17,19,20,22);6-7H,3-5H2,1-2H3;1-2H3. The van der Waals surface area contributed by atoms with Gasteiger partial charge in [-0.2, -0.15) is 4.98 Å². The van der Waals surface area contributed by atoms with Gasteiger partial charge in [0.1, 0.15) is 5.82 Å². The van der Waals surface area contributed by atoms with Crippen LogP contribution in [0.3, 0.4) is 0 Å². The maximum absolute atomic E-state index is 12.5. The summed E-state index contributed by atoms with van der Waals surface area (Å²) in [7, 11) is 0. The van der Waals surface area contributed by atoms with Crippen molar-refractivity contribution in [3.05, 3.63) is 45.2 Å². The molecule has 1 aromatic carbocycles. The first-order valence-electron chi connectivity index (χ1n) is 11.6. The van der Waals surface area contributed by atoms with Crippen LogP contribution in [0, 0.1) is 5.92 Å². The number of anilines is 2. The van der Waals surface area contributed by atoms with Gasteiger partial charge in [0.25, 0.3) is 5.56 Å². The number of para-hydroxylation sites is 1. The molecule has 0 bridgehead atoms. The third-order valence-corrected chi connectivity index (χ3v) is 5.99. The minimum Gasteiger partial charge on any atom is -0.396 e. The molecule has 2 aromatic heterocycles. The largest absolute Gasteiger partial charge is 0.396 e. The first kappa shape index (κ1) is 26.8. The zero-order valence-corrected chi connectivity index (χ0v) is 21.0. The highest BCUT2D eigenvalue weighted by Crippen LogP contribution is 2.24. The Morgan fingerprint density at radius 3 is 2.48 bits per heavy atom. The highest BCUT2D eigenvalue weighted by Gasteiger charge is 2.17. The zero-order valence-electron chi connectivity index (χ0n) is 20.1. The SMILES string of the molecule is CC.CC(C)CCCO.Nc1nc(N2CCOCC2)[nH]c(=O)c1Cc1nc2ccccc2s1. The van der Waals surface area contributed by atoms with Gasteiger partial charge in [0.2, 0.25) is 5.95 Å². The summed E-state index contributed by atoms with van der Waals surface area (Å²) in [5.41, 5.74) is 7.25. The number of aromatic amines is 1. The van der Waals surface area contributed by atoms with E-state index in [1.807, 2.05) is 43.0 Å². The van der Waals surface area contributed by atoms with Crippen molar-refractivity contribution in [2.24, 2.45) is 5.92 Å². The molecule has 0 radical (unpaired) electrons. The van der Waals surface area contributed by atoms with Crippen LogP contribution in [0.2, 0.25) is 0 Å². The maximum Gasteiger partial charge on any atom is 0.258 e. The number of fused-ring (bicyclic) bond motifs is 1. The summed E-state index contributed by atoms with van der Waals surface area (Å²) in [6.45, 7) is 11.3. The van der Waals surface area contributed by atoms with Crippen molar-refractivity contribution in [3.63, 3.8) is 0 Å². The molecule has 33 heavy (non-hydrogen) atoms. The van der Waals surface area contributed by atoms with E-state index >= 15 is 0 Å². The Balaban J connectivity index is 0.000000370. The quantitative estimate of drug-likeness (QED) is 0.496. The molecule has 1 saturated heterocycles. The zero-order chi connectivity index (χ0) is 24.2. The second-order valence-corrected chi connectivity index (χ2v) is 8.98. The van der Waals surface area contributed by atoms with Gasteiger partial charge in [0.15, 0.2) is 0 Å². The number of nitrogens with two attached hydrogens (primary N) is 1. The molecule has 4 N–H and O–H groups in total. The Morgan fingerprint density at radius 2 is 1.91 bits per heavy atom. The molecule has 3 heterocycles. The van der Waals surface area contributed by atoms with Crippen molar-refractivity contribution in [3.8, 4) is 0 Å². The van der Waals surface area contributed by atoms with Crippen LogP contribution < -0.4 is 16.2 Å². The normalized spacial score (nSPS) is 13.3. The summed E-state index contributed by atoms with van der Waals surface area (Å²) in [5, 5.41) is 9.17. The summed E-state index contributed by atoms with van der Waals surface area (Å²) in [4.78, 5) is 26.2. The van der Waals surface area contributed by atoms with Gasteiger partial charge in [0.05, 0.1) is 34.0 Å². The van der Waals surface area contributed by atoms with Crippen molar-refractivity contribution in [2.75, 3.05) is 43.5 Å². The van der Waals surface area contributed by atoms with Gasteiger partial charge in [-0.3, -0.25) is 9.78 Å². The van der Waals surface area contributed by atoms with E-state index in [1.54, 1.807) is 11.3 Å². The molecule has 9 heteroatoms. The molecule has 0 spiro atoms. The van der Waals surface area contributed by atoms with Crippen LogP contribution in [0.15, 0.2) is 29.1 Å². The van der Waals surface area contributed by atoms with Gasteiger partial charge in [-0.1, -0.05) is 39.8 Å². The predicted molar refractivity (Wildman–Crippen MR) is 137 cm³/mol. The summed E-state index contributed by atoms with van der Waals surface area (Å²) in [6, 6.07) is 7.91. The van der Waals surface area contributed by atoms with Gasteiger partial charge >= 0.3 is 0 Å². The Labute approximate surface area is 199 Å². The number of aromatic nitrogens is 3. The van der Waals surface area contributed by atoms with Crippen LogP contribution in [0.1, 0.15) is 51.1 Å². The highest BCUT2D eigenvalue weighted by atomic mass is 32.1. The third kappa shape index (κ3) is 8.10. The number of nitrogens with zero attached hydrogens (tertiary/aromatic N) is 3. The lowest BCUT2D eigenvalue weighted by molar-refractivity contribution is 0.122. The molecule has 0 atom stereocenters. The van der Waals surface area contributed by atoms with E-state index in [1.165, 1.54) is 0 Å². The van der Waals surface area contributed by atoms with E-state index in [0.717, 1.165) is 34.0 Å². The second kappa shape index (κ2) is 13.9. The summed E-state index contributed by atoms with van der Waals surface area (Å²) >= 11 is 1.57. The Bertz CT molecular complexity index is 995. The lowest BCUT2D eigenvalue weighted by atomic mass is 10.1. The van der Waals surface area contributed by atoms with E-state index in [9.17, 15) is 4.79 Å².